The van der Waals surface area contributed by atoms with Crippen molar-refractivity contribution in [1.82, 2.24) is 15.3 Å². The van der Waals surface area contributed by atoms with Gasteiger partial charge in [-0.1, -0.05) is 42.1 Å². The Hall–Kier alpha value is -2.28. The molecule has 1 aromatic heterocycles. The zero-order valence-corrected chi connectivity index (χ0v) is 13.2. The molecule has 1 amide bonds. The molecule has 7 heteroatoms. The van der Waals surface area contributed by atoms with Crippen LogP contribution in [0.25, 0.3) is 11.1 Å². The molecule has 1 aromatic carbocycles. The Morgan fingerprint density at radius 3 is 2.64 bits per heavy atom. The van der Waals surface area contributed by atoms with Crippen molar-refractivity contribution in [2.24, 2.45) is 0 Å². The van der Waals surface area contributed by atoms with Crippen molar-refractivity contribution < 1.29 is 4.79 Å². The lowest BCUT2D eigenvalue weighted by atomic mass is 10.1. The summed E-state index contributed by atoms with van der Waals surface area (Å²) in [6, 6.07) is 9.18. The minimum absolute atomic E-state index is 0.0747. The summed E-state index contributed by atoms with van der Waals surface area (Å²) in [6.45, 7) is 3.77. The average molecular weight is 318 g/mol. The number of carbonyl (C=O) groups excluding carboxylic acids is 1. The fourth-order valence-electron chi connectivity index (χ4n) is 1.92. The summed E-state index contributed by atoms with van der Waals surface area (Å²) < 4.78 is 0. The number of benzene rings is 1. The Morgan fingerprint density at radius 2 is 2.05 bits per heavy atom. The van der Waals surface area contributed by atoms with Gasteiger partial charge in [0.25, 0.3) is 5.56 Å². The van der Waals surface area contributed by atoms with E-state index in [1.165, 1.54) is 0 Å². The van der Waals surface area contributed by atoms with Crippen LogP contribution in [0, 0.1) is 0 Å². The van der Waals surface area contributed by atoms with E-state index >= 15 is 0 Å². The molecular weight excluding hydrogens is 300 g/mol. The predicted octanol–water partition coefficient (Wildman–Crippen LogP) is 1.64. The van der Waals surface area contributed by atoms with Crippen molar-refractivity contribution in [1.29, 1.82) is 0 Å². The quantitative estimate of drug-likeness (QED) is 0.574. The molecule has 116 valence electrons. The van der Waals surface area contributed by atoms with E-state index in [4.69, 9.17) is 5.73 Å². The molecule has 2 rings (SSSR count). The Balaban J connectivity index is 2.17. The second kappa shape index (κ2) is 7.13. The first-order valence-corrected chi connectivity index (χ1v) is 7.83. The monoisotopic (exact) mass is 318 g/mol. The number of hydrogen-bond acceptors (Lipinski definition) is 5. The Kier molecular flexibility index (Phi) is 5.21. The lowest BCUT2D eigenvalue weighted by Gasteiger charge is -2.09. The van der Waals surface area contributed by atoms with Crippen LogP contribution in [0.2, 0.25) is 0 Å². The molecule has 1 heterocycles. The van der Waals surface area contributed by atoms with Crippen molar-refractivity contribution >= 4 is 23.5 Å². The number of hydrogen-bond donors (Lipinski definition) is 3. The summed E-state index contributed by atoms with van der Waals surface area (Å²) in [7, 11) is 0. The van der Waals surface area contributed by atoms with E-state index in [0.29, 0.717) is 16.3 Å². The lowest BCUT2D eigenvalue weighted by Crippen LogP contribution is -2.31. The summed E-state index contributed by atoms with van der Waals surface area (Å²) in [4.78, 5) is 30.6. The lowest BCUT2D eigenvalue weighted by molar-refractivity contribution is -0.119. The number of nitrogens with one attached hydrogen (secondary N) is 2. The van der Waals surface area contributed by atoms with Crippen LogP contribution in [0.3, 0.4) is 0 Å². The van der Waals surface area contributed by atoms with Gasteiger partial charge in [-0.15, -0.1) is 0 Å². The molecule has 0 unspecified atom stereocenters. The highest BCUT2D eigenvalue weighted by atomic mass is 32.2. The first kappa shape index (κ1) is 16.1. The van der Waals surface area contributed by atoms with E-state index in [-0.39, 0.29) is 29.1 Å². The largest absolute Gasteiger partial charge is 0.383 e. The maximum absolute atomic E-state index is 12.2. The third-order valence-electron chi connectivity index (χ3n) is 2.78. The van der Waals surface area contributed by atoms with Crippen LogP contribution in [0.4, 0.5) is 5.82 Å². The van der Waals surface area contributed by atoms with Crippen molar-refractivity contribution in [3.63, 3.8) is 0 Å². The van der Waals surface area contributed by atoms with Crippen LogP contribution in [0.1, 0.15) is 13.8 Å². The van der Waals surface area contributed by atoms with Crippen LogP contribution < -0.4 is 16.6 Å². The van der Waals surface area contributed by atoms with Crippen molar-refractivity contribution in [2.75, 3.05) is 11.5 Å². The topological polar surface area (TPSA) is 101 Å². The fourth-order valence-corrected chi connectivity index (χ4v) is 2.60. The third kappa shape index (κ3) is 4.11. The number of rotatable bonds is 5. The van der Waals surface area contributed by atoms with Crippen LogP contribution in [0.5, 0.6) is 0 Å². The minimum atomic E-state index is -0.314. The van der Waals surface area contributed by atoms with Gasteiger partial charge in [0.2, 0.25) is 5.91 Å². The number of aromatic amines is 1. The molecule has 0 atom stereocenters. The molecule has 0 saturated heterocycles. The summed E-state index contributed by atoms with van der Waals surface area (Å²) in [5.74, 6) is 0.209. The molecule has 6 nitrogen and oxygen atoms in total. The Bertz CT molecular complexity index is 713. The zero-order valence-electron chi connectivity index (χ0n) is 12.4. The van der Waals surface area contributed by atoms with Crippen LogP contribution in [0.15, 0.2) is 40.3 Å². The van der Waals surface area contributed by atoms with E-state index in [1.54, 1.807) is 12.1 Å². The van der Waals surface area contributed by atoms with Crippen LogP contribution in [-0.4, -0.2) is 27.7 Å². The number of nitrogen functional groups attached to an aromatic ring is 1. The highest BCUT2D eigenvalue weighted by molar-refractivity contribution is 7.99. The van der Waals surface area contributed by atoms with Gasteiger partial charge < -0.3 is 16.0 Å². The van der Waals surface area contributed by atoms with E-state index in [0.717, 1.165) is 11.8 Å². The second-order valence-electron chi connectivity index (χ2n) is 5.01. The summed E-state index contributed by atoms with van der Waals surface area (Å²) in [5, 5.41) is 3.10. The highest BCUT2D eigenvalue weighted by Gasteiger charge is 2.12. The molecule has 0 radical (unpaired) electrons. The molecule has 0 spiro atoms. The first-order valence-electron chi connectivity index (χ1n) is 6.84. The third-order valence-corrected chi connectivity index (χ3v) is 3.65. The van der Waals surface area contributed by atoms with Crippen LogP contribution >= 0.6 is 11.8 Å². The summed E-state index contributed by atoms with van der Waals surface area (Å²) in [6.07, 6.45) is 0. The van der Waals surface area contributed by atoms with Gasteiger partial charge in [-0.25, -0.2) is 4.98 Å². The molecule has 22 heavy (non-hydrogen) atoms. The van der Waals surface area contributed by atoms with Gasteiger partial charge in [0.05, 0.1) is 11.3 Å². The van der Waals surface area contributed by atoms with Gasteiger partial charge in [-0.3, -0.25) is 9.59 Å². The number of carbonyl (C=O) groups is 1. The molecule has 0 bridgehead atoms. The Morgan fingerprint density at radius 1 is 1.36 bits per heavy atom. The highest BCUT2D eigenvalue weighted by Crippen LogP contribution is 2.22. The van der Waals surface area contributed by atoms with Gasteiger partial charge in [0.1, 0.15) is 5.82 Å². The molecule has 4 N–H and O–H groups in total. The standard InChI is InChI=1S/C15H18N4O2S/c1-9(2)17-11(20)8-22-15-18-13(16)12(14(21)19-15)10-6-4-3-5-7-10/h3-7,9H,8H2,1-2H3,(H,17,20)(H3,16,18,19,21). The van der Waals surface area contributed by atoms with Gasteiger partial charge in [-0.05, 0) is 19.4 Å². The van der Waals surface area contributed by atoms with Gasteiger partial charge >= 0.3 is 0 Å². The van der Waals surface area contributed by atoms with Crippen molar-refractivity contribution in [3.8, 4) is 11.1 Å². The normalized spacial score (nSPS) is 10.7. The fraction of sp³-hybridized carbons (Fsp3) is 0.267. The van der Waals surface area contributed by atoms with Gasteiger partial charge in [0, 0.05) is 6.04 Å². The first-order chi connectivity index (χ1) is 10.5. The smallest absolute Gasteiger partial charge is 0.261 e. The second-order valence-corrected chi connectivity index (χ2v) is 5.97. The van der Waals surface area contributed by atoms with E-state index in [9.17, 15) is 9.59 Å². The number of nitrogens with two attached hydrogens (primary N) is 1. The van der Waals surface area contributed by atoms with E-state index in [2.05, 4.69) is 15.3 Å². The summed E-state index contributed by atoms with van der Waals surface area (Å²) >= 11 is 1.14. The Labute approximate surface area is 132 Å². The molecule has 0 aliphatic rings. The van der Waals surface area contributed by atoms with Crippen molar-refractivity contribution in [3.05, 3.63) is 40.7 Å². The number of amides is 1. The number of thioether (sulfide) groups is 1. The average Bonchev–Trinajstić information content (AvgIpc) is 2.45. The van der Waals surface area contributed by atoms with E-state index in [1.807, 2.05) is 32.0 Å². The minimum Gasteiger partial charge on any atom is -0.383 e. The SMILES string of the molecule is CC(C)NC(=O)CSc1nc(N)c(-c2ccccc2)c(=O)[nH]1. The maximum atomic E-state index is 12.2. The predicted molar refractivity (Wildman–Crippen MR) is 88.7 cm³/mol. The van der Waals surface area contributed by atoms with Crippen LogP contribution in [-0.2, 0) is 4.79 Å². The number of anilines is 1. The number of H-pyrrole nitrogens is 1. The molecule has 0 aliphatic heterocycles. The molecular formula is C15H18N4O2S. The molecule has 2 aromatic rings. The number of nitrogens with zero attached hydrogens (tertiary/aromatic N) is 1. The number of aromatic nitrogens is 2. The van der Waals surface area contributed by atoms with Gasteiger partial charge in [0.15, 0.2) is 5.16 Å². The molecule has 0 fully saturated rings. The molecule has 0 aliphatic carbocycles. The van der Waals surface area contributed by atoms with Gasteiger partial charge in [-0.2, -0.15) is 0 Å². The summed E-state index contributed by atoms with van der Waals surface area (Å²) in [5.41, 5.74) is 6.64. The van der Waals surface area contributed by atoms with E-state index < -0.39 is 0 Å². The zero-order chi connectivity index (χ0) is 16.1. The maximum Gasteiger partial charge on any atom is 0.261 e. The molecule has 0 saturated carbocycles. The van der Waals surface area contributed by atoms with Crippen molar-refractivity contribution in [2.45, 2.75) is 25.0 Å².